The quantitative estimate of drug-likeness (QED) is 0.873. The molecule has 1 saturated heterocycles. The maximum absolute atomic E-state index is 11.9. The summed E-state index contributed by atoms with van der Waals surface area (Å²) < 4.78 is 10.2. The first-order valence-electron chi connectivity index (χ1n) is 6.00. The summed E-state index contributed by atoms with van der Waals surface area (Å²) >= 11 is 0. The zero-order valence-electron chi connectivity index (χ0n) is 10.7. The fourth-order valence-corrected chi connectivity index (χ4v) is 1.87. The van der Waals surface area contributed by atoms with Crippen LogP contribution in [0.3, 0.4) is 0 Å². The van der Waals surface area contributed by atoms with E-state index in [1.54, 1.807) is 0 Å². The normalized spacial score (nSPS) is 18.9. The highest BCUT2D eigenvalue weighted by Crippen LogP contribution is 2.09. The Morgan fingerprint density at radius 2 is 2.16 bits per heavy atom. The van der Waals surface area contributed by atoms with Gasteiger partial charge in [0.1, 0.15) is 6.61 Å². The maximum Gasteiger partial charge on any atom is 0.412 e. The molecular formula is C13H16N2O4. The molecule has 1 heterocycles. The van der Waals surface area contributed by atoms with Crippen molar-refractivity contribution in [1.29, 1.82) is 0 Å². The second-order valence-electron chi connectivity index (χ2n) is 4.11. The van der Waals surface area contributed by atoms with Crippen molar-refractivity contribution >= 4 is 12.0 Å². The van der Waals surface area contributed by atoms with Gasteiger partial charge in [0, 0.05) is 20.2 Å². The van der Waals surface area contributed by atoms with Gasteiger partial charge in [0.15, 0.2) is 0 Å². The number of piperazine rings is 1. The van der Waals surface area contributed by atoms with Crippen molar-refractivity contribution in [1.82, 2.24) is 10.2 Å². The molecule has 0 aromatic heterocycles. The standard InChI is InChI=1S/C13H16N2O4/c1-18-12-11(16)14-7-8-15(12)13(17)19-9-10-5-3-2-4-6-10/h2-6,12H,7-9H2,1H3,(H,14,16). The van der Waals surface area contributed by atoms with Crippen molar-refractivity contribution in [3.8, 4) is 0 Å². The zero-order valence-corrected chi connectivity index (χ0v) is 10.7. The Labute approximate surface area is 111 Å². The van der Waals surface area contributed by atoms with E-state index in [0.717, 1.165) is 5.56 Å². The van der Waals surface area contributed by atoms with Gasteiger partial charge in [-0.2, -0.15) is 0 Å². The van der Waals surface area contributed by atoms with Crippen LogP contribution in [0, 0.1) is 0 Å². The van der Waals surface area contributed by atoms with Gasteiger partial charge in [-0.05, 0) is 5.56 Å². The lowest BCUT2D eigenvalue weighted by molar-refractivity contribution is -0.145. The van der Waals surface area contributed by atoms with Crippen LogP contribution in [-0.4, -0.2) is 43.3 Å². The van der Waals surface area contributed by atoms with Gasteiger partial charge in [-0.25, -0.2) is 4.79 Å². The van der Waals surface area contributed by atoms with Crippen LogP contribution in [0.4, 0.5) is 4.79 Å². The highest BCUT2D eigenvalue weighted by Gasteiger charge is 2.33. The maximum atomic E-state index is 11.9. The van der Waals surface area contributed by atoms with Crippen LogP contribution in [-0.2, 0) is 20.9 Å². The third-order valence-electron chi connectivity index (χ3n) is 2.82. The SMILES string of the molecule is COC1C(=O)NCCN1C(=O)OCc1ccccc1. The van der Waals surface area contributed by atoms with Gasteiger partial charge in [0.25, 0.3) is 5.91 Å². The molecule has 1 aromatic rings. The van der Waals surface area contributed by atoms with Crippen LogP contribution in [0.1, 0.15) is 5.56 Å². The minimum atomic E-state index is -0.919. The molecule has 102 valence electrons. The second-order valence-corrected chi connectivity index (χ2v) is 4.11. The lowest BCUT2D eigenvalue weighted by Crippen LogP contribution is -2.58. The first-order valence-corrected chi connectivity index (χ1v) is 6.00. The lowest BCUT2D eigenvalue weighted by atomic mass is 10.2. The van der Waals surface area contributed by atoms with E-state index in [1.807, 2.05) is 30.3 Å². The summed E-state index contributed by atoms with van der Waals surface area (Å²) in [6.07, 6.45) is -1.47. The molecule has 1 aromatic carbocycles. The summed E-state index contributed by atoms with van der Waals surface area (Å²) in [5.74, 6) is -0.328. The number of rotatable bonds is 3. The molecule has 2 rings (SSSR count). The van der Waals surface area contributed by atoms with Crippen molar-refractivity contribution in [3.63, 3.8) is 0 Å². The number of nitrogens with zero attached hydrogens (tertiary/aromatic N) is 1. The summed E-state index contributed by atoms with van der Waals surface area (Å²) in [5, 5.41) is 2.63. The molecule has 0 radical (unpaired) electrons. The topological polar surface area (TPSA) is 67.9 Å². The average Bonchev–Trinajstić information content (AvgIpc) is 2.45. The Morgan fingerprint density at radius 1 is 1.42 bits per heavy atom. The number of amides is 2. The number of nitrogens with one attached hydrogen (secondary N) is 1. The summed E-state index contributed by atoms with van der Waals surface area (Å²) in [7, 11) is 1.38. The highest BCUT2D eigenvalue weighted by atomic mass is 16.6. The number of hydrogen-bond donors (Lipinski definition) is 1. The van der Waals surface area contributed by atoms with Gasteiger partial charge in [-0.3, -0.25) is 9.69 Å². The molecule has 6 nitrogen and oxygen atoms in total. The van der Waals surface area contributed by atoms with Gasteiger partial charge >= 0.3 is 6.09 Å². The second kappa shape index (κ2) is 6.19. The molecule has 1 fully saturated rings. The number of ether oxygens (including phenoxy) is 2. The van der Waals surface area contributed by atoms with E-state index >= 15 is 0 Å². The van der Waals surface area contributed by atoms with Crippen molar-refractivity contribution < 1.29 is 19.1 Å². The lowest BCUT2D eigenvalue weighted by Gasteiger charge is -2.32. The van der Waals surface area contributed by atoms with Gasteiger partial charge in [0.05, 0.1) is 0 Å². The van der Waals surface area contributed by atoms with Crippen LogP contribution in [0.2, 0.25) is 0 Å². The minimum Gasteiger partial charge on any atom is -0.444 e. The molecule has 1 unspecified atom stereocenters. The van der Waals surface area contributed by atoms with Gasteiger partial charge in [-0.15, -0.1) is 0 Å². The number of carbonyl (C=O) groups is 2. The molecule has 1 aliphatic rings. The Bertz CT molecular complexity index is 449. The zero-order chi connectivity index (χ0) is 13.7. The smallest absolute Gasteiger partial charge is 0.412 e. The fourth-order valence-electron chi connectivity index (χ4n) is 1.87. The van der Waals surface area contributed by atoms with E-state index in [0.29, 0.717) is 13.1 Å². The van der Waals surface area contributed by atoms with E-state index in [1.165, 1.54) is 12.0 Å². The predicted octanol–water partition coefficient (Wildman–Crippen LogP) is 0.728. The summed E-state index contributed by atoms with van der Waals surface area (Å²) in [6, 6.07) is 9.36. The molecule has 0 spiro atoms. The van der Waals surface area contributed by atoms with E-state index in [9.17, 15) is 9.59 Å². The molecule has 1 aliphatic heterocycles. The summed E-state index contributed by atoms with van der Waals surface area (Å²) in [5.41, 5.74) is 0.895. The molecule has 6 heteroatoms. The van der Waals surface area contributed by atoms with Crippen molar-refractivity contribution in [2.24, 2.45) is 0 Å². The van der Waals surface area contributed by atoms with E-state index in [-0.39, 0.29) is 12.5 Å². The summed E-state index contributed by atoms with van der Waals surface area (Å²) in [4.78, 5) is 24.7. The van der Waals surface area contributed by atoms with Crippen molar-refractivity contribution in [2.75, 3.05) is 20.2 Å². The molecule has 0 bridgehead atoms. The predicted molar refractivity (Wildman–Crippen MR) is 67.1 cm³/mol. The van der Waals surface area contributed by atoms with Crippen LogP contribution < -0.4 is 5.32 Å². The Balaban J connectivity index is 1.93. The Morgan fingerprint density at radius 3 is 2.84 bits per heavy atom. The third-order valence-corrected chi connectivity index (χ3v) is 2.82. The number of hydrogen-bond acceptors (Lipinski definition) is 4. The van der Waals surface area contributed by atoms with E-state index < -0.39 is 12.3 Å². The van der Waals surface area contributed by atoms with Gasteiger partial charge in [0.2, 0.25) is 6.23 Å². The molecule has 0 aliphatic carbocycles. The fraction of sp³-hybridized carbons (Fsp3) is 0.385. The minimum absolute atomic E-state index is 0.175. The molecule has 2 amide bonds. The number of benzene rings is 1. The average molecular weight is 264 g/mol. The van der Waals surface area contributed by atoms with E-state index in [4.69, 9.17) is 9.47 Å². The van der Waals surface area contributed by atoms with E-state index in [2.05, 4.69) is 5.32 Å². The Hall–Kier alpha value is -2.08. The first kappa shape index (κ1) is 13.4. The van der Waals surface area contributed by atoms with Crippen LogP contribution in [0.15, 0.2) is 30.3 Å². The molecule has 1 atom stereocenters. The van der Waals surface area contributed by atoms with Gasteiger partial charge < -0.3 is 14.8 Å². The molecule has 0 saturated carbocycles. The largest absolute Gasteiger partial charge is 0.444 e. The van der Waals surface area contributed by atoms with Crippen molar-refractivity contribution in [3.05, 3.63) is 35.9 Å². The monoisotopic (exact) mass is 264 g/mol. The first-order chi connectivity index (χ1) is 9.22. The van der Waals surface area contributed by atoms with Crippen LogP contribution in [0.5, 0.6) is 0 Å². The highest BCUT2D eigenvalue weighted by molar-refractivity contribution is 5.85. The summed E-state index contributed by atoms with van der Waals surface area (Å²) in [6.45, 7) is 0.950. The van der Waals surface area contributed by atoms with Crippen LogP contribution >= 0.6 is 0 Å². The number of carbonyl (C=O) groups excluding carboxylic acids is 2. The molecule has 19 heavy (non-hydrogen) atoms. The molecule has 1 N–H and O–H groups in total. The Kier molecular flexibility index (Phi) is 4.35. The van der Waals surface area contributed by atoms with Crippen LogP contribution in [0.25, 0.3) is 0 Å². The number of methoxy groups -OCH3 is 1. The third kappa shape index (κ3) is 3.23. The van der Waals surface area contributed by atoms with Gasteiger partial charge in [-0.1, -0.05) is 30.3 Å². The molecular weight excluding hydrogens is 248 g/mol. The van der Waals surface area contributed by atoms with Crippen molar-refractivity contribution in [2.45, 2.75) is 12.8 Å².